The lowest BCUT2D eigenvalue weighted by Crippen LogP contribution is -2.36. The number of halogens is 1. The molecule has 1 rings (SSSR count). The minimum atomic E-state index is -0.393. The van der Waals surface area contributed by atoms with Crippen molar-refractivity contribution in [3.05, 3.63) is 31.5 Å². The first-order chi connectivity index (χ1) is 7.98. The summed E-state index contributed by atoms with van der Waals surface area (Å²) in [7, 11) is 0. The van der Waals surface area contributed by atoms with Gasteiger partial charge in [-0.1, -0.05) is 13.8 Å². The lowest BCUT2D eigenvalue weighted by atomic mass is 9.84. The molecule has 0 spiro atoms. The Hall–Kier alpha value is -0.490. The number of aromatic amines is 1. The number of hydrogen-bond acceptors (Lipinski definition) is 3. The van der Waals surface area contributed by atoms with Gasteiger partial charge in [0.1, 0.15) is 0 Å². The first kappa shape index (κ1) is 14.6. The van der Waals surface area contributed by atoms with Crippen molar-refractivity contribution in [1.82, 2.24) is 9.55 Å². The third kappa shape index (κ3) is 3.25. The molecule has 1 N–H and O–H groups in total. The van der Waals surface area contributed by atoms with Gasteiger partial charge in [-0.05, 0) is 39.9 Å². The van der Waals surface area contributed by atoms with Crippen molar-refractivity contribution in [2.75, 3.05) is 5.75 Å². The molecule has 96 valence electrons. The molecule has 1 aromatic rings. The first-order valence-electron chi connectivity index (χ1n) is 5.58. The minimum absolute atomic E-state index is 0.00931. The van der Waals surface area contributed by atoms with E-state index in [-0.39, 0.29) is 11.1 Å². The van der Waals surface area contributed by atoms with Crippen molar-refractivity contribution >= 4 is 28.6 Å². The van der Waals surface area contributed by atoms with Crippen LogP contribution in [-0.4, -0.2) is 15.3 Å². The second-order valence-corrected chi connectivity index (χ2v) is 5.40. The highest BCUT2D eigenvalue weighted by Crippen LogP contribution is 2.29. The van der Waals surface area contributed by atoms with E-state index in [1.165, 1.54) is 4.57 Å². The molecule has 0 aliphatic carbocycles. The van der Waals surface area contributed by atoms with Gasteiger partial charge in [-0.15, -0.1) is 0 Å². The average molecular weight is 321 g/mol. The second-order valence-electron chi connectivity index (χ2n) is 4.23. The lowest BCUT2D eigenvalue weighted by Gasteiger charge is -2.30. The maximum Gasteiger partial charge on any atom is 0.328 e. The van der Waals surface area contributed by atoms with Crippen LogP contribution in [0.3, 0.4) is 0 Å². The number of H-pyrrole nitrogens is 1. The van der Waals surface area contributed by atoms with Crippen LogP contribution in [0.1, 0.15) is 26.7 Å². The number of thiol groups is 1. The zero-order chi connectivity index (χ0) is 13.1. The second kappa shape index (κ2) is 5.91. The standard InChI is InChI=1S/C11H17BrN2O2S/c1-3-11(4-2,7-17)6-14-5-8(12)9(15)13-10(14)16/h5,17H,3-4,6-7H2,1-2H3,(H,13,15,16). The van der Waals surface area contributed by atoms with Crippen molar-refractivity contribution < 1.29 is 0 Å². The van der Waals surface area contributed by atoms with Gasteiger partial charge in [0.25, 0.3) is 5.56 Å². The first-order valence-corrected chi connectivity index (χ1v) is 7.00. The van der Waals surface area contributed by atoms with Crippen LogP contribution in [0.25, 0.3) is 0 Å². The Kier molecular flexibility index (Phi) is 5.06. The average Bonchev–Trinajstić information content (AvgIpc) is 2.33. The van der Waals surface area contributed by atoms with E-state index in [9.17, 15) is 9.59 Å². The Bertz CT molecular complexity index is 483. The Morgan fingerprint density at radius 1 is 1.41 bits per heavy atom. The topological polar surface area (TPSA) is 54.9 Å². The summed E-state index contributed by atoms with van der Waals surface area (Å²) in [5, 5.41) is 0. The van der Waals surface area contributed by atoms with Crippen molar-refractivity contribution in [1.29, 1.82) is 0 Å². The summed E-state index contributed by atoms with van der Waals surface area (Å²) in [6, 6.07) is 0. The zero-order valence-corrected chi connectivity index (χ0v) is 12.5. The highest BCUT2D eigenvalue weighted by atomic mass is 79.9. The van der Waals surface area contributed by atoms with Crippen LogP contribution in [-0.2, 0) is 6.54 Å². The van der Waals surface area contributed by atoms with Gasteiger partial charge in [-0.2, -0.15) is 12.6 Å². The van der Waals surface area contributed by atoms with E-state index in [1.807, 2.05) is 0 Å². The molecule has 0 saturated heterocycles. The highest BCUT2D eigenvalue weighted by Gasteiger charge is 2.25. The number of rotatable bonds is 5. The van der Waals surface area contributed by atoms with Crippen LogP contribution in [0, 0.1) is 5.41 Å². The molecule has 0 saturated carbocycles. The van der Waals surface area contributed by atoms with E-state index in [0.29, 0.717) is 16.8 Å². The van der Waals surface area contributed by atoms with Crippen LogP contribution in [0.2, 0.25) is 0 Å². The quantitative estimate of drug-likeness (QED) is 0.816. The highest BCUT2D eigenvalue weighted by molar-refractivity contribution is 9.10. The molecule has 0 amide bonds. The van der Waals surface area contributed by atoms with Crippen LogP contribution >= 0.6 is 28.6 Å². The SMILES string of the molecule is CCC(CC)(CS)Cn1cc(Br)c(=O)[nH]c1=O. The fourth-order valence-corrected chi connectivity index (χ4v) is 2.60. The van der Waals surface area contributed by atoms with Crippen molar-refractivity contribution in [3.8, 4) is 0 Å². The van der Waals surface area contributed by atoms with Gasteiger partial charge >= 0.3 is 5.69 Å². The van der Waals surface area contributed by atoms with E-state index in [2.05, 4.69) is 47.4 Å². The fourth-order valence-electron chi connectivity index (χ4n) is 1.71. The summed E-state index contributed by atoms with van der Waals surface area (Å²) in [4.78, 5) is 25.2. The maximum atomic E-state index is 11.7. The minimum Gasteiger partial charge on any atom is -0.299 e. The Morgan fingerprint density at radius 2 is 2.00 bits per heavy atom. The molecule has 0 unspecified atom stereocenters. The summed E-state index contributed by atoms with van der Waals surface area (Å²) in [6.45, 7) is 4.74. The predicted molar refractivity (Wildman–Crippen MR) is 75.9 cm³/mol. The molecular formula is C11H17BrN2O2S. The van der Waals surface area contributed by atoms with E-state index in [1.54, 1.807) is 6.20 Å². The molecule has 1 heterocycles. The smallest absolute Gasteiger partial charge is 0.299 e. The fraction of sp³-hybridized carbons (Fsp3) is 0.636. The molecule has 0 aromatic carbocycles. The van der Waals surface area contributed by atoms with Gasteiger partial charge in [0, 0.05) is 12.7 Å². The summed E-state index contributed by atoms with van der Waals surface area (Å²) in [6.07, 6.45) is 3.43. The summed E-state index contributed by atoms with van der Waals surface area (Å²) in [5.41, 5.74) is -0.771. The van der Waals surface area contributed by atoms with Crippen molar-refractivity contribution in [2.45, 2.75) is 33.2 Å². The van der Waals surface area contributed by atoms with Gasteiger partial charge in [0.15, 0.2) is 0 Å². The molecule has 4 nitrogen and oxygen atoms in total. The predicted octanol–water partition coefficient (Wildman–Crippen LogP) is 2.04. The van der Waals surface area contributed by atoms with Crippen molar-refractivity contribution in [2.24, 2.45) is 5.41 Å². The number of hydrogen-bond donors (Lipinski definition) is 2. The molecule has 17 heavy (non-hydrogen) atoms. The summed E-state index contributed by atoms with van der Waals surface area (Å²) >= 11 is 7.50. The Labute approximate surface area is 114 Å². The van der Waals surface area contributed by atoms with E-state index < -0.39 is 5.56 Å². The van der Waals surface area contributed by atoms with Crippen LogP contribution in [0.5, 0.6) is 0 Å². The molecule has 0 aliphatic heterocycles. The molecule has 0 radical (unpaired) electrons. The van der Waals surface area contributed by atoms with E-state index in [0.717, 1.165) is 12.8 Å². The third-order valence-electron chi connectivity index (χ3n) is 3.31. The zero-order valence-electron chi connectivity index (χ0n) is 9.99. The molecule has 1 aromatic heterocycles. The van der Waals surface area contributed by atoms with Gasteiger partial charge in [-0.25, -0.2) is 4.79 Å². The normalized spacial score (nSPS) is 11.8. The Balaban J connectivity index is 3.14. The molecule has 0 atom stereocenters. The number of aromatic nitrogens is 2. The van der Waals surface area contributed by atoms with Crippen LogP contribution in [0.4, 0.5) is 0 Å². The van der Waals surface area contributed by atoms with Gasteiger partial charge in [0.2, 0.25) is 0 Å². The Morgan fingerprint density at radius 3 is 2.47 bits per heavy atom. The van der Waals surface area contributed by atoms with Crippen LogP contribution in [0.15, 0.2) is 20.3 Å². The molecule has 6 heteroatoms. The number of nitrogens with zero attached hydrogens (tertiary/aromatic N) is 1. The monoisotopic (exact) mass is 320 g/mol. The molecule has 0 aliphatic rings. The van der Waals surface area contributed by atoms with Crippen LogP contribution < -0.4 is 11.2 Å². The van der Waals surface area contributed by atoms with Gasteiger partial charge < -0.3 is 0 Å². The molecular weight excluding hydrogens is 304 g/mol. The van der Waals surface area contributed by atoms with Crippen molar-refractivity contribution in [3.63, 3.8) is 0 Å². The maximum absolute atomic E-state index is 11.7. The largest absolute Gasteiger partial charge is 0.328 e. The number of nitrogens with one attached hydrogen (secondary N) is 1. The van der Waals surface area contributed by atoms with Gasteiger partial charge in [-0.3, -0.25) is 14.3 Å². The van der Waals surface area contributed by atoms with E-state index >= 15 is 0 Å². The molecule has 0 bridgehead atoms. The molecule has 0 fully saturated rings. The van der Waals surface area contributed by atoms with E-state index in [4.69, 9.17) is 0 Å². The third-order valence-corrected chi connectivity index (χ3v) is 4.54. The lowest BCUT2D eigenvalue weighted by molar-refractivity contribution is 0.253. The summed E-state index contributed by atoms with van der Waals surface area (Å²) in [5.74, 6) is 0.711. The summed E-state index contributed by atoms with van der Waals surface area (Å²) < 4.78 is 1.91. The van der Waals surface area contributed by atoms with Gasteiger partial charge in [0.05, 0.1) is 4.47 Å².